The van der Waals surface area contributed by atoms with Gasteiger partial charge in [-0.25, -0.2) is 19.1 Å². The maximum atomic E-state index is 13.0. The van der Waals surface area contributed by atoms with Crippen molar-refractivity contribution < 1.29 is 18.6 Å². The Balaban J connectivity index is 1.15. The number of nitrogens with zero attached hydrogens (tertiary/aromatic N) is 6. The summed E-state index contributed by atoms with van der Waals surface area (Å²) in [6, 6.07) is 12.4. The first-order valence-electron chi connectivity index (χ1n) is 15.8. The average Bonchev–Trinajstić information content (AvgIpc) is 3.73. The molecule has 0 spiro atoms. The van der Waals surface area contributed by atoms with Crippen LogP contribution in [0.15, 0.2) is 50.4 Å². The van der Waals surface area contributed by atoms with E-state index in [1.807, 2.05) is 45.0 Å². The quantitative estimate of drug-likeness (QED) is 0.320. The van der Waals surface area contributed by atoms with Crippen molar-refractivity contribution in [1.29, 1.82) is 0 Å². The van der Waals surface area contributed by atoms with Crippen molar-refractivity contribution >= 4 is 17.3 Å². The Labute approximate surface area is 261 Å². The van der Waals surface area contributed by atoms with Crippen LogP contribution in [-0.4, -0.2) is 67.3 Å². The fourth-order valence-electron chi connectivity index (χ4n) is 6.28. The van der Waals surface area contributed by atoms with E-state index in [2.05, 4.69) is 34.0 Å². The number of rotatable bonds is 6. The Morgan fingerprint density at radius 3 is 2.38 bits per heavy atom. The minimum absolute atomic E-state index is 0.0784. The van der Waals surface area contributed by atoms with Crippen molar-refractivity contribution in [3.63, 3.8) is 0 Å². The minimum atomic E-state index is -0.492. The van der Waals surface area contributed by atoms with E-state index >= 15 is 0 Å². The van der Waals surface area contributed by atoms with Gasteiger partial charge in [0.25, 0.3) is 5.56 Å². The van der Waals surface area contributed by atoms with Crippen LogP contribution >= 0.6 is 0 Å². The highest BCUT2D eigenvalue weighted by Gasteiger charge is 2.30. The molecule has 4 heterocycles. The number of benzene rings is 1. The molecule has 1 aliphatic carbocycles. The molecule has 1 saturated carbocycles. The van der Waals surface area contributed by atoms with Crippen LogP contribution in [0.4, 0.5) is 4.79 Å². The zero-order chi connectivity index (χ0) is 31.9. The Morgan fingerprint density at radius 2 is 1.71 bits per heavy atom. The van der Waals surface area contributed by atoms with Gasteiger partial charge in [0.1, 0.15) is 17.4 Å². The molecule has 1 amide bonds. The van der Waals surface area contributed by atoms with Crippen LogP contribution in [0.3, 0.4) is 0 Å². The van der Waals surface area contributed by atoms with Crippen LogP contribution in [0.25, 0.3) is 34.1 Å². The topological polar surface area (TPSA) is 130 Å². The standard InChI is InChI=1S/C33H41N7O5/c1-33(2,3)45-32(43)39-18-16-23(17-19-39)37(4)20-21-10-12-22(13-11-21)25-14-15-26(44-25)28-34-27-29(35-31(42)38(5)30(27)41)40(36-28)24-8-6-7-9-24/h10-15,23-24H,6-9,16-20H2,1-5H3/p+1. The van der Waals surface area contributed by atoms with Crippen molar-refractivity contribution in [2.45, 2.75) is 83.5 Å². The van der Waals surface area contributed by atoms with E-state index in [0.717, 1.165) is 55.2 Å². The van der Waals surface area contributed by atoms with E-state index in [1.165, 1.54) is 12.6 Å². The molecule has 1 aliphatic heterocycles. The molecular formula is C33H42N7O5+. The van der Waals surface area contributed by atoms with Crippen molar-refractivity contribution in [2.24, 2.45) is 7.05 Å². The van der Waals surface area contributed by atoms with Crippen molar-refractivity contribution in [2.75, 3.05) is 20.1 Å². The van der Waals surface area contributed by atoms with Gasteiger partial charge >= 0.3 is 17.4 Å². The van der Waals surface area contributed by atoms with Crippen LogP contribution < -0.4 is 15.9 Å². The number of carbonyl (C=O) groups excluding carboxylic acids is 1. The van der Waals surface area contributed by atoms with Gasteiger partial charge in [-0.15, -0.1) is 4.68 Å². The molecular weight excluding hydrogens is 574 g/mol. The zero-order valence-corrected chi connectivity index (χ0v) is 26.7. The molecule has 0 bridgehead atoms. The molecule has 0 radical (unpaired) electrons. The average molecular weight is 617 g/mol. The molecule has 6 rings (SSSR count). The molecule has 4 aromatic rings. The first kappa shape index (κ1) is 30.7. The molecule has 1 saturated heterocycles. The number of hydrogen-bond donors (Lipinski definition) is 1. The van der Waals surface area contributed by atoms with Gasteiger partial charge in [-0.3, -0.25) is 9.69 Å². The third kappa shape index (κ3) is 6.56. The Morgan fingerprint density at radius 1 is 1.04 bits per heavy atom. The number of ether oxygens (including phenoxy) is 1. The van der Waals surface area contributed by atoms with Crippen LogP contribution in [0.5, 0.6) is 0 Å². The molecule has 12 heteroatoms. The summed E-state index contributed by atoms with van der Waals surface area (Å²) < 4.78 is 14.5. The molecule has 0 atom stereocenters. The fourth-order valence-corrected chi connectivity index (χ4v) is 6.28. The lowest BCUT2D eigenvalue weighted by Gasteiger charge is -2.37. The summed E-state index contributed by atoms with van der Waals surface area (Å²) in [5.41, 5.74) is 1.17. The van der Waals surface area contributed by atoms with Crippen LogP contribution in [0.2, 0.25) is 0 Å². The zero-order valence-electron chi connectivity index (χ0n) is 26.7. The summed E-state index contributed by atoms with van der Waals surface area (Å²) in [5.74, 6) is 1.43. The number of fused-ring (bicyclic) bond motifs is 1. The van der Waals surface area contributed by atoms with E-state index in [1.54, 1.807) is 9.58 Å². The number of H-pyrrole nitrogens is 1. The predicted octanol–water partition coefficient (Wildman–Crippen LogP) is 4.18. The van der Waals surface area contributed by atoms with E-state index < -0.39 is 16.9 Å². The molecule has 0 unspecified atom stereocenters. The maximum absolute atomic E-state index is 13.0. The van der Waals surface area contributed by atoms with Gasteiger partial charge in [-0.1, -0.05) is 29.4 Å². The lowest BCUT2D eigenvalue weighted by Crippen LogP contribution is -2.47. The summed E-state index contributed by atoms with van der Waals surface area (Å²) in [5, 5.41) is 4.75. The Kier molecular flexibility index (Phi) is 8.34. The van der Waals surface area contributed by atoms with Gasteiger partial charge in [0.2, 0.25) is 11.3 Å². The molecule has 1 aromatic carbocycles. The third-order valence-electron chi connectivity index (χ3n) is 8.82. The number of piperidine rings is 1. The third-order valence-corrected chi connectivity index (χ3v) is 8.82. The first-order chi connectivity index (χ1) is 21.5. The number of likely N-dealkylation sites (tertiary alicyclic amines) is 1. The van der Waals surface area contributed by atoms with E-state index in [-0.39, 0.29) is 17.7 Å². The Hall–Kier alpha value is -4.32. The normalized spacial score (nSPS) is 16.6. The lowest BCUT2D eigenvalue weighted by atomic mass is 10.0. The summed E-state index contributed by atoms with van der Waals surface area (Å²) in [6.45, 7) is 7.85. The number of carbonyl (C=O) groups is 1. The second kappa shape index (κ2) is 12.2. The van der Waals surface area contributed by atoms with Crippen LogP contribution in [-0.2, 0) is 18.3 Å². The van der Waals surface area contributed by atoms with E-state index in [9.17, 15) is 14.4 Å². The number of amides is 1. The highest BCUT2D eigenvalue weighted by atomic mass is 16.6. The molecule has 12 nitrogen and oxygen atoms in total. The van der Waals surface area contributed by atoms with Crippen LogP contribution in [0, 0.1) is 0 Å². The van der Waals surface area contributed by atoms with Gasteiger partial charge in [0.05, 0.1) is 0 Å². The van der Waals surface area contributed by atoms with E-state index in [0.29, 0.717) is 42.1 Å². The highest BCUT2D eigenvalue weighted by Crippen LogP contribution is 2.29. The molecule has 3 aromatic heterocycles. The maximum Gasteiger partial charge on any atom is 0.416 e. The van der Waals surface area contributed by atoms with Crippen molar-refractivity contribution in [3.05, 3.63) is 62.8 Å². The van der Waals surface area contributed by atoms with E-state index in [4.69, 9.17) is 14.3 Å². The number of nitrogens with one attached hydrogen (secondary N) is 1. The summed E-state index contributed by atoms with van der Waals surface area (Å²) in [4.78, 5) is 49.3. The number of aromatic amines is 1. The second-order valence-electron chi connectivity index (χ2n) is 13.3. The van der Waals surface area contributed by atoms with Crippen LogP contribution in [0.1, 0.15) is 70.9 Å². The minimum Gasteiger partial charge on any atom is -0.453 e. The lowest BCUT2D eigenvalue weighted by molar-refractivity contribution is -0.754. The van der Waals surface area contributed by atoms with Gasteiger partial charge < -0.3 is 14.1 Å². The second-order valence-corrected chi connectivity index (χ2v) is 13.3. The molecule has 1 N–H and O–H groups in total. The predicted molar refractivity (Wildman–Crippen MR) is 169 cm³/mol. The molecule has 2 aliphatic rings. The number of hydrogen-bond acceptors (Lipinski definition) is 8. The highest BCUT2D eigenvalue weighted by molar-refractivity contribution is 5.69. The number of furan rings is 1. The van der Waals surface area contributed by atoms with Gasteiger partial charge in [-0.05, 0) is 84.0 Å². The summed E-state index contributed by atoms with van der Waals surface area (Å²) in [7, 11) is 3.56. The SMILES string of the molecule is CN(Cc1ccc(-c2ccc(-c3nc4c(=O)n(C)c(=O)[nH]c4[n+](C4CCCC4)n3)o2)cc1)C1CCN(C(=O)OC(C)(C)C)CC1. The van der Waals surface area contributed by atoms with Gasteiger partial charge in [0, 0.05) is 38.3 Å². The summed E-state index contributed by atoms with van der Waals surface area (Å²) >= 11 is 0. The smallest absolute Gasteiger partial charge is 0.416 e. The molecule has 238 valence electrons. The first-order valence-corrected chi connectivity index (χ1v) is 15.8. The fraction of sp³-hybridized carbons (Fsp3) is 0.515. The monoisotopic (exact) mass is 616 g/mol. The number of aromatic nitrogens is 5. The molecule has 45 heavy (non-hydrogen) atoms. The van der Waals surface area contributed by atoms with Gasteiger partial charge in [0.15, 0.2) is 5.76 Å². The summed E-state index contributed by atoms with van der Waals surface area (Å²) in [6.07, 6.45) is 5.55. The van der Waals surface area contributed by atoms with Crippen molar-refractivity contribution in [1.82, 2.24) is 29.4 Å². The van der Waals surface area contributed by atoms with Gasteiger partial charge in [-0.2, -0.15) is 4.98 Å². The largest absolute Gasteiger partial charge is 0.453 e. The Bertz CT molecular complexity index is 1800. The van der Waals surface area contributed by atoms with Crippen molar-refractivity contribution in [3.8, 4) is 22.9 Å². The molecule has 2 fully saturated rings.